The largest absolute Gasteiger partial charge is 0.378 e. The van der Waals surface area contributed by atoms with Crippen LogP contribution in [0.5, 0.6) is 0 Å². The van der Waals surface area contributed by atoms with Crippen LogP contribution in [-0.2, 0) is 0 Å². The molecule has 0 saturated carbocycles. The lowest BCUT2D eigenvalue weighted by atomic mass is 10.1. The second kappa shape index (κ2) is 5.33. The lowest BCUT2D eigenvalue weighted by molar-refractivity contribution is 0.600. The molecule has 0 aliphatic rings. The normalized spacial score (nSPS) is 11.6. The van der Waals surface area contributed by atoms with Crippen LogP contribution in [0.3, 0.4) is 0 Å². The van der Waals surface area contributed by atoms with E-state index in [1.807, 2.05) is 19.1 Å². The summed E-state index contributed by atoms with van der Waals surface area (Å²) < 4.78 is 13.6. The van der Waals surface area contributed by atoms with Crippen molar-refractivity contribution in [2.75, 3.05) is 5.32 Å². The third-order valence-corrected chi connectivity index (χ3v) is 2.75. The van der Waals surface area contributed by atoms with Crippen molar-refractivity contribution in [3.8, 4) is 6.07 Å². The first-order valence-electron chi connectivity index (χ1n) is 5.72. The van der Waals surface area contributed by atoms with Gasteiger partial charge in [0, 0.05) is 11.3 Å². The maximum atomic E-state index is 13.6. The molecule has 0 unspecified atom stereocenters. The van der Waals surface area contributed by atoms with Gasteiger partial charge in [-0.05, 0) is 31.2 Å². The Labute approximate surface area is 106 Å². The summed E-state index contributed by atoms with van der Waals surface area (Å²) in [7, 11) is 0. The van der Waals surface area contributed by atoms with Gasteiger partial charge in [-0.15, -0.1) is 0 Å². The van der Waals surface area contributed by atoms with Crippen LogP contribution < -0.4 is 5.32 Å². The summed E-state index contributed by atoms with van der Waals surface area (Å²) in [4.78, 5) is 0. The van der Waals surface area contributed by atoms with Gasteiger partial charge in [-0.25, -0.2) is 4.39 Å². The summed E-state index contributed by atoms with van der Waals surface area (Å²) >= 11 is 0. The van der Waals surface area contributed by atoms with Crippen LogP contribution >= 0.6 is 0 Å². The van der Waals surface area contributed by atoms with E-state index in [4.69, 9.17) is 5.26 Å². The Kier molecular flexibility index (Phi) is 3.59. The van der Waals surface area contributed by atoms with E-state index in [1.165, 1.54) is 6.07 Å². The highest BCUT2D eigenvalue weighted by Crippen LogP contribution is 2.21. The molecule has 2 nitrogen and oxygen atoms in total. The van der Waals surface area contributed by atoms with E-state index in [1.54, 1.807) is 30.3 Å². The Hall–Kier alpha value is -2.34. The average molecular weight is 240 g/mol. The van der Waals surface area contributed by atoms with Gasteiger partial charge in [0.05, 0.1) is 17.7 Å². The highest BCUT2D eigenvalue weighted by atomic mass is 19.1. The third-order valence-electron chi connectivity index (χ3n) is 2.75. The van der Waals surface area contributed by atoms with E-state index in [9.17, 15) is 4.39 Å². The van der Waals surface area contributed by atoms with Crippen LogP contribution in [0.1, 0.15) is 24.1 Å². The Morgan fingerprint density at radius 1 is 1.17 bits per heavy atom. The van der Waals surface area contributed by atoms with Gasteiger partial charge in [-0.2, -0.15) is 5.26 Å². The minimum Gasteiger partial charge on any atom is -0.378 e. The third kappa shape index (κ3) is 2.67. The number of hydrogen-bond donors (Lipinski definition) is 1. The van der Waals surface area contributed by atoms with Crippen LogP contribution in [-0.4, -0.2) is 0 Å². The van der Waals surface area contributed by atoms with Crippen molar-refractivity contribution in [2.24, 2.45) is 0 Å². The highest BCUT2D eigenvalue weighted by Gasteiger charge is 2.09. The summed E-state index contributed by atoms with van der Waals surface area (Å²) in [6.45, 7) is 1.89. The molecule has 0 aromatic heterocycles. The molecule has 0 amide bonds. The fraction of sp³-hybridized carbons (Fsp3) is 0.133. The number of halogens is 1. The fourth-order valence-corrected chi connectivity index (χ4v) is 1.83. The first-order valence-corrected chi connectivity index (χ1v) is 5.72. The minimum atomic E-state index is -0.228. The molecule has 2 rings (SSSR count). The van der Waals surface area contributed by atoms with Gasteiger partial charge >= 0.3 is 0 Å². The first-order chi connectivity index (χ1) is 8.70. The van der Waals surface area contributed by atoms with E-state index in [0.717, 1.165) is 5.69 Å². The van der Waals surface area contributed by atoms with E-state index in [0.29, 0.717) is 11.1 Å². The van der Waals surface area contributed by atoms with Crippen molar-refractivity contribution in [3.63, 3.8) is 0 Å². The van der Waals surface area contributed by atoms with Crippen molar-refractivity contribution >= 4 is 5.69 Å². The van der Waals surface area contributed by atoms with Crippen molar-refractivity contribution in [2.45, 2.75) is 13.0 Å². The zero-order valence-corrected chi connectivity index (χ0v) is 10.0. The summed E-state index contributed by atoms with van der Waals surface area (Å²) in [5, 5.41) is 12.0. The molecule has 1 N–H and O–H groups in total. The average Bonchev–Trinajstić information content (AvgIpc) is 2.39. The van der Waals surface area contributed by atoms with Gasteiger partial charge in [-0.3, -0.25) is 0 Å². The van der Waals surface area contributed by atoms with E-state index in [-0.39, 0.29) is 11.9 Å². The van der Waals surface area contributed by atoms with Gasteiger partial charge in [0.2, 0.25) is 0 Å². The zero-order chi connectivity index (χ0) is 13.0. The summed E-state index contributed by atoms with van der Waals surface area (Å²) in [6.07, 6.45) is 0. The Morgan fingerprint density at radius 3 is 2.67 bits per heavy atom. The molecule has 0 aliphatic carbocycles. The monoisotopic (exact) mass is 240 g/mol. The van der Waals surface area contributed by atoms with Crippen molar-refractivity contribution < 1.29 is 4.39 Å². The predicted octanol–water partition coefficient (Wildman–Crippen LogP) is 3.87. The van der Waals surface area contributed by atoms with E-state index < -0.39 is 0 Å². The van der Waals surface area contributed by atoms with Crippen molar-refractivity contribution in [1.29, 1.82) is 5.26 Å². The molecule has 2 aromatic rings. The number of nitriles is 1. The SMILES string of the molecule is C[C@H](Nc1cccc(C#N)c1)c1ccccc1F. The molecular weight excluding hydrogens is 227 g/mol. The first kappa shape index (κ1) is 12.1. The van der Waals surface area contributed by atoms with Gasteiger partial charge in [0.1, 0.15) is 5.82 Å². The Balaban J connectivity index is 2.19. The van der Waals surface area contributed by atoms with Gasteiger partial charge in [0.15, 0.2) is 0 Å². The van der Waals surface area contributed by atoms with Crippen LogP contribution in [0, 0.1) is 17.1 Å². The maximum Gasteiger partial charge on any atom is 0.128 e. The van der Waals surface area contributed by atoms with Gasteiger partial charge in [-0.1, -0.05) is 24.3 Å². The summed E-state index contributed by atoms with van der Waals surface area (Å²) in [6, 6.07) is 15.7. The van der Waals surface area contributed by atoms with E-state index in [2.05, 4.69) is 11.4 Å². The lowest BCUT2D eigenvalue weighted by Gasteiger charge is -2.16. The second-order valence-corrected chi connectivity index (χ2v) is 4.08. The molecule has 1 atom stereocenters. The number of rotatable bonds is 3. The molecule has 0 bridgehead atoms. The second-order valence-electron chi connectivity index (χ2n) is 4.08. The van der Waals surface area contributed by atoms with Crippen LogP contribution in [0.4, 0.5) is 10.1 Å². The number of nitrogens with zero attached hydrogens (tertiary/aromatic N) is 1. The number of benzene rings is 2. The Bertz CT molecular complexity index is 587. The quantitative estimate of drug-likeness (QED) is 0.884. The van der Waals surface area contributed by atoms with Gasteiger partial charge < -0.3 is 5.32 Å². The van der Waals surface area contributed by atoms with Crippen LogP contribution in [0.25, 0.3) is 0 Å². The zero-order valence-electron chi connectivity index (χ0n) is 10.0. The standard InChI is InChI=1S/C15H13FN2/c1-11(14-7-2-3-8-15(14)16)18-13-6-4-5-12(9-13)10-17/h2-9,11,18H,1H3/t11-/m0/s1. The molecule has 0 radical (unpaired) electrons. The van der Waals surface area contributed by atoms with Crippen molar-refractivity contribution in [1.82, 2.24) is 0 Å². The molecule has 90 valence electrons. The molecular formula is C15H13FN2. The van der Waals surface area contributed by atoms with Crippen LogP contribution in [0.15, 0.2) is 48.5 Å². The molecule has 0 aliphatic heterocycles. The number of nitrogens with one attached hydrogen (secondary N) is 1. The highest BCUT2D eigenvalue weighted by molar-refractivity contribution is 5.50. The lowest BCUT2D eigenvalue weighted by Crippen LogP contribution is -2.08. The number of anilines is 1. The molecule has 0 saturated heterocycles. The van der Waals surface area contributed by atoms with Crippen LogP contribution in [0.2, 0.25) is 0 Å². The minimum absolute atomic E-state index is 0.153. The molecule has 0 fully saturated rings. The maximum absolute atomic E-state index is 13.6. The topological polar surface area (TPSA) is 35.8 Å². The molecule has 0 heterocycles. The summed E-state index contributed by atoms with van der Waals surface area (Å²) in [5.74, 6) is -0.228. The van der Waals surface area contributed by atoms with E-state index >= 15 is 0 Å². The molecule has 18 heavy (non-hydrogen) atoms. The summed E-state index contributed by atoms with van der Waals surface area (Å²) in [5.41, 5.74) is 2.00. The van der Waals surface area contributed by atoms with Gasteiger partial charge in [0.25, 0.3) is 0 Å². The fourth-order valence-electron chi connectivity index (χ4n) is 1.83. The number of hydrogen-bond acceptors (Lipinski definition) is 2. The predicted molar refractivity (Wildman–Crippen MR) is 69.6 cm³/mol. The molecule has 0 spiro atoms. The Morgan fingerprint density at radius 2 is 1.94 bits per heavy atom. The molecule has 3 heteroatoms. The van der Waals surface area contributed by atoms with Crippen molar-refractivity contribution in [3.05, 3.63) is 65.5 Å². The smallest absolute Gasteiger partial charge is 0.128 e. The molecule has 2 aromatic carbocycles.